The van der Waals surface area contributed by atoms with Crippen molar-refractivity contribution < 1.29 is 14.4 Å². The highest BCUT2D eigenvalue weighted by Gasteiger charge is 2.18. The second kappa shape index (κ2) is 6.44. The number of anilines is 2. The first-order chi connectivity index (χ1) is 11.1. The van der Waals surface area contributed by atoms with Gasteiger partial charge in [0.15, 0.2) is 5.78 Å². The molecule has 5 heteroatoms. The zero-order valence-electron chi connectivity index (χ0n) is 12.5. The summed E-state index contributed by atoms with van der Waals surface area (Å²) in [7, 11) is 0. The van der Waals surface area contributed by atoms with Crippen molar-refractivity contribution in [1.82, 2.24) is 0 Å². The van der Waals surface area contributed by atoms with Crippen molar-refractivity contribution in [2.24, 2.45) is 0 Å². The molecule has 0 aromatic heterocycles. The Hall–Kier alpha value is -2.95. The molecule has 1 aliphatic heterocycles. The smallest absolute Gasteiger partial charge is 0.257 e. The predicted molar refractivity (Wildman–Crippen MR) is 87.6 cm³/mol. The molecular formula is C18H16N2O3. The van der Waals surface area contributed by atoms with Crippen LogP contribution in [0.4, 0.5) is 11.4 Å². The molecule has 0 fully saturated rings. The highest BCUT2D eigenvalue weighted by molar-refractivity contribution is 6.13. The van der Waals surface area contributed by atoms with E-state index in [1.54, 1.807) is 48.5 Å². The van der Waals surface area contributed by atoms with Crippen LogP contribution in [0.3, 0.4) is 0 Å². The van der Waals surface area contributed by atoms with Gasteiger partial charge in [0, 0.05) is 18.4 Å². The van der Waals surface area contributed by atoms with Gasteiger partial charge in [-0.15, -0.1) is 0 Å². The first kappa shape index (κ1) is 15.0. The van der Waals surface area contributed by atoms with E-state index in [0.29, 0.717) is 28.9 Å². The van der Waals surface area contributed by atoms with E-state index in [2.05, 4.69) is 10.6 Å². The van der Waals surface area contributed by atoms with Gasteiger partial charge in [0.2, 0.25) is 5.91 Å². The Kier molecular flexibility index (Phi) is 4.19. The van der Waals surface area contributed by atoms with Crippen LogP contribution in [-0.4, -0.2) is 17.6 Å². The molecule has 0 spiro atoms. The van der Waals surface area contributed by atoms with Crippen LogP contribution in [0, 0.1) is 0 Å². The topological polar surface area (TPSA) is 75.3 Å². The Morgan fingerprint density at radius 3 is 2.04 bits per heavy atom. The van der Waals surface area contributed by atoms with Crippen molar-refractivity contribution in [2.75, 3.05) is 10.6 Å². The van der Waals surface area contributed by atoms with Crippen molar-refractivity contribution in [2.45, 2.75) is 19.3 Å². The third-order valence-electron chi connectivity index (χ3n) is 3.73. The molecular weight excluding hydrogens is 292 g/mol. The van der Waals surface area contributed by atoms with Gasteiger partial charge in [-0.2, -0.15) is 0 Å². The lowest BCUT2D eigenvalue weighted by atomic mass is 10.0. The minimum Gasteiger partial charge on any atom is -0.325 e. The minimum atomic E-state index is -0.360. The van der Waals surface area contributed by atoms with E-state index in [4.69, 9.17) is 0 Å². The number of carbonyl (C=O) groups is 3. The Morgan fingerprint density at radius 2 is 1.30 bits per heavy atom. The fourth-order valence-electron chi connectivity index (χ4n) is 2.57. The van der Waals surface area contributed by atoms with E-state index < -0.39 is 0 Å². The molecule has 1 aliphatic rings. The van der Waals surface area contributed by atoms with Crippen LogP contribution in [0.15, 0.2) is 48.5 Å². The fraction of sp³-hybridized carbons (Fsp3) is 0.167. The molecule has 2 N–H and O–H groups in total. The molecule has 5 nitrogen and oxygen atoms in total. The highest BCUT2D eigenvalue weighted by Crippen LogP contribution is 2.23. The molecule has 0 aliphatic carbocycles. The number of para-hydroxylation sites is 2. The lowest BCUT2D eigenvalue weighted by Crippen LogP contribution is -2.20. The number of ketones is 1. The number of nitrogens with one attached hydrogen (secondary N) is 2. The predicted octanol–water partition coefficient (Wildman–Crippen LogP) is 3.24. The molecule has 0 atom stereocenters. The molecule has 0 bridgehead atoms. The maximum absolute atomic E-state index is 12.5. The van der Waals surface area contributed by atoms with Crippen LogP contribution in [0.25, 0.3) is 0 Å². The summed E-state index contributed by atoms with van der Waals surface area (Å²) in [6.45, 7) is 0. The van der Waals surface area contributed by atoms with Crippen LogP contribution < -0.4 is 10.6 Å². The third-order valence-corrected chi connectivity index (χ3v) is 3.73. The number of rotatable bonds is 0. The summed E-state index contributed by atoms with van der Waals surface area (Å²) < 4.78 is 0. The van der Waals surface area contributed by atoms with Gasteiger partial charge in [-0.05, 0) is 30.7 Å². The number of Topliss-reactive ketones (excluding diaryl/α,β-unsaturated/α-hetero) is 1. The number of carbonyl (C=O) groups excluding carboxylic acids is 3. The lowest BCUT2D eigenvalue weighted by molar-refractivity contribution is -0.116. The quantitative estimate of drug-likeness (QED) is 0.784. The van der Waals surface area contributed by atoms with Gasteiger partial charge >= 0.3 is 0 Å². The van der Waals surface area contributed by atoms with Crippen LogP contribution in [-0.2, 0) is 4.79 Å². The molecule has 116 valence electrons. The van der Waals surface area contributed by atoms with Crippen LogP contribution >= 0.6 is 0 Å². The van der Waals surface area contributed by atoms with E-state index in [0.717, 1.165) is 0 Å². The number of amides is 2. The van der Waals surface area contributed by atoms with Crippen molar-refractivity contribution in [1.29, 1.82) is 0 Å². The van der Waals surface area contributed by atoms with Crippen molar-refractivity contribution in [3.8, 4) is 0 Å². The average Bonchev–Trinajstić information content (AvgIpc) is 2.54. The fourth-order valence-corrected chi connectivity index (χ4v) is 2.57. The van der Waals surface area contributed by atoms with Crippen LogP contribution in [0.2, 0.25) is 0 Å². The average molecular weight is 308 g/mol. The lowest BCUT2D eigenvalue weighted by Gasteiger charge is -2.15. The Labute approximate surface area is 133 Å². The van der Waals surface area contributed by atoms with Crippen molar-refractivity contribution >= 4 is 29.0 Å². The molecule has 0 radical (unpaired) electrons. The zero-order chi connectivity index (χ0) is 16.2. The molecule has 0 saturated heterocycles. The molecule has 23 heavy (non-hydrogen) atoms. The molecule has 0 unspecified atom stereocenters. The molecule has 1 heterocycles. The Bertz CT molecular complexity index is 783. The second-order valence-electron chi connectivity index (χ2n) is 5.37. The van der Waals surface area contributed by atoms with E-state index in [9.17, 15) is 14.4 Å². The Balaban J connectivity index is 2.04. The maximum atomic E-state index is 12.5. The number of benzene rings is 2. The largest absolute Gasteiger partial charge is 0.325 e. The summed E-state index contributed by atoms with van der Waals surface area (Å²) >= 11 is 0. The third kappa shape index (κ3) is 3.29. The van der Waals surface area contributed by atoms with E-state index in [-0.39, 0.29) is 30.4 Å². The SMILES string of the molecule is O=C1CCCC(=O)c2ccccc2NC(=O)c2ccccc2N1. The standard InChI is InChI=1S/C18H16N2O3/c21-16-10-5-11-17(22)19-15-9-4-2-7-13(15)18(23)20-14-8-3-1-6-12(14)16/h1-4,6-9H,5,10-11H2,(H,19,22)(H,20,23). The summed E-state index contributed by atoms with van der Waals surface area (Å²) in [6, 6.07) is 13.7. The van der Waals surface area contributed by atoms with E-state index in [1.165, 1.54) is 0 Å². The van der Waals surface area contributed by atoms with Gasteiger partial charge < -0.3 is 10.6 Å². The highest BCUT2D eigenvalue weighted by atomic mass is 16.2. The van der Waals surface area contributed by atoms with Crippen LogP contribution in [0.5, 0.6) is 0 Å². The molecule has 2 aromatic carbocycles. The Morgan fingerprint density at radius 1 is 0.696 bits per heavy atom. The molecule has 3 rings (SSSR count). The summed E-state index contributed by atoms with van der Waals surface area (Å²) in [4.78, 5) is 36.8. The monoisotopic (exact) mass is 308 g/mol. The molecule has 0 saturated carbocycles. The number of hydrogen-bond donors (Lipinski definition) is 2. The number of fused-ring (bicyclic) bond motifs is 2. The van der Waals surface area contributed by atoms with Gasteiger partial charge in [0.25, 0.3) is 5.91 Å². The first-order valence-electron chi connectivity index (χ1n) is 7.47. The van der Waals surface area contributed by atoms with Gasteiger partial charge in [0.1, 0.15) is 0 Å². The van der Waals surface area contributed by atoms with Gasteiger partial charge in [-0.3, -0.25) is 14.4 Å². The molecule has 2 amide bonds. The van der Waals surface area contributed by atoms with Gasteiger partial charge in [-0.1, -0.05) is 24.3 Å². The number of hydrogen-bond acceptors (Lipinski definition) is 3. The summed E-state index contributed by atoms with van der Waals surface area (Å²) in [6.07, 6.45) is 0.973. The summed E-state index contributed by atoms with van der Waals surface area (Å²) in [5.74, 6) is -0.642. The van der Waals surface area contributed by atoms with Crippen molar-refractivity contribution in [3.63, 3.8) is 0 Å². The van der Waals surface area contributed by atoms with Gasteiger partial charge in [0.05, 0.1) is 16.9 Å². The van der Waals surface area contributed by atoms with E-state index >= 15 is 0 Å². The summed E-state index contributed by atoms with van der Waals surface area (Å²) in [5, 5.41) is 5.51. The normalized spacial score (nSPS) is 15.4. The first-order valence-corrected chi connectivity index (χ1v) is 7.47. The maximum Gasteiger partial charge on any atom is 0.257 e. The second-order valence-corrected chi connectivity index (χ2v) is 5.37. The van der Waals surface area contributed by atoms with Crippen molar-refractivity contribution in [3.05, 3.63) is 59.7 Å². The van der Waals surface area contributed by atoms with Crippen LogP contribution in [0.1, 0.15) is 40.0 Å². The molecule has 2 aromatic rings. The minimum absolute atomic E-state index is 0.0810. The zero-order valence-corrected chi connectivity index (χ0v) is 12.5. The summed E-state index contributed by atoms with van der Waals surface area (Å²) in [5.41, 5.74) is 1.80. The van der Waals surface area contributed by atoms with Gasteiger partial charge in [-0.25, -0.2) is 0 Å². The van der Waals surface area contributed by atoms with E-state index in [1.807, 2.05) is 0 Å².